The van der Waals surface area contributed by atoms with Gasteiger partial charge < -0.3 is 10.4 Å². The van der Waals surface area contributed by atoms with E-state index in [4.69, 9.17) is 0 Å². The molecule has 0 spiro atoms. The van der Waals surface area contributed by atoms with Crippen LogP contribution in [-0.4, -0.2) is 16.8 Å². The van der Waals surface area contributed by atoms with Gasteiger partial charge in [0.25, 0.3) is 5.91 Å². The number of aromatic hydroxyl groups is 1. The third kappa shape index (κ3) is 4.45. The summed E-state index contributed by atoms with van der Waals surface area (Å²) in [7, 11) is 0. The normalized spacial score (nSPS) is 10.6. The molecule has 0 fully saturated rings. The molecule has 0 saturated heterocycles. The molecule has 0 heterocycles. The summed E-state index contributed by atoms with van der Waals surface area (Å²) in [5.41, 5.74) is 2.40. The molecule has 0 radical (unpaired) electrons. The zero-order chi connectivity index (χ0) is 18.4. The molecule has 3 aromatic carbocycles. The molecule has 0 saturated carbocycles. The van der Waals surface area contributed by atoms with E-state index in [1.807, 2.05) is 6.07 Å². The Morgan fingerprint density at radius 3 is 2.23 bits per heavy atom. The van der Waals surface area contributed by atoms with Crippen LogP contribution >= 0.6 is 0 Å². The van der Waals surface area contributed by atoms with Gasteiger partial charge in [0.1, 0.15) is 5.75 Å². The molecule has 0 unspecified atom stereocenters. The van der Waals surface area contributed by atoms with Gasteiger partial charge >= 0.3 is 0 Å². The Kier molecular flexibility index (Phi) is 5.25. The Morgan fingerprint density at radius 1 is 0.808 bits per heavy atom. The van der Waals surface area contributed by atoms with Crippen molar-refractivity contribution in [2.75, 3.05) is 5.32 Å². The van der Waals surface area contributed by atoms with Crippen LogP contribution in [0.3, 0.4) is 0 Å². The predicted octanol–water partition coefficient (Wildman–Crippen LogP) is 4.54. The van der Waals surface area contributed by atoms with Crippen LogP contribution in [0, 0.1) is 0 Å². The number of phenols is 1. The van der Waals surface area contributed by atoms with Gasteiger partial charge in [-0.2, -0.15) is 0 Å². The lowest BCUT2D eigenvalue weighted by Crippen LogP contribution is -2.12. The summed E-state index contributed by atoms with van der Waals surface area (Å²) in [4.78, 5) is 24.5. The smallest absolute Gasteiger partial charge is 0.255 e. The standard InChI is InChI=1S/C22H17NO3/c24-20-12-9-16(10-13-20)11-14-21(25)18-7-4-8-19(15-18)23-22(26)17-5-2-1-3-6-17/h1-15,24H,(H,23,26)/b14-11+. The van der Waals surface area contributed by atoms with E-state index in [0.29, 0.717) is 16.8 Å². The van der Waals surface area contributed by atoms with Crippen molar-refractivity contribution in [2.45, 2.75) is 0 Å². The van der Waals surface area contributed by atoms with E-state index in [1.54, 1.807) is 78.9 Å². The number of carbonyl (C=O) groups is 2. The highest BCUT2D eigenvalue weighted by molar-refractivity contribution is 6.08. The fourth-order valence-electron chi connectivity index (χ4n) is 2.40. The number of rotatable bonds is 5. The van der Waals surface area contributed by atoms with Crippen molar-refractivity contribution in [2.24, 2.45) is 0 Å². The number of benzene rings is 3. The van der Waals surface area contributed by atoms with Gasteiger partial charge in [0.15, 0.2) is 5.78 Å². The second kappa shape index (κ2) is 7.94. The number of anilines is 1. The van der Waals surface area contributed by atoms with E-state index in [2.05, 4.69) is 5.32 Å². The van der Waals surface area contributed by atoms with Gasteiger partial charge in [0.05, 0.1) is 0 Å². The van der Waals surface area contributed by atoms with Crippen molar-refractivity contribution in [1.82, 2.24) is 0 Å². The average molecular weight is 343 g/mol. The third-order valence-electron chi connectivity index (χ3n) is 3.76. The van der Waals surface area contributed by atoms with Crippen molar-refractivity contribution in [3.63, 3.8) is 0 Å². The molecule has 0 atom stereocenters. The summed E-state index contributed by atoms with van der Waals surface area (Å²) in [5, 5.41) is 12.1. The first-order valence-electron chi connectivity index (χ1n) is 8.10. The summed E-state index contributed by atoms with van der Waals surface area (Å²) in [6.45, 7) is 0. The summed E-state index contributed by atoms with van der Waals surface area (Å²) >= 11 is 0. The van der Waals surface area contributed by atoms with E-state index in [9.17, 15) is 14.7 Å². The molecular weight excluding hydrogens is 326 g/mol. The largest absolute Gasteiger partial charge is 0.508 e. The van der Waals surface area contributed by atoms with Crippen LogP contribution in [0.15, 0.2) is 84.9 Å². The Bertz CT molecular complexity index is 945. The van der Waals surface area contributed by atoms with Crippen LogP contribution in [0.4, 0.5) is 5.69 Å². The van der Waals surface area contributed by atoms with Gasteiger partial charge in [-0.15, -0.1) is 0 Å². The fourth-order valence-corrected chi connectivity index (χ4v) is 2.40. The number of nitrogens with one attached hydrogen (secondary N) is 1. The van der Waals surface area contributed by atoms with E-state index >= 15 is 0 Å². The van der Waals surface area contributed by atoms with Crippen molar-refractivity contribution in [3.05, 3.63) is 102 Å². The van der Waals surface area contributed by atoms with E-state index < -0.39 is 0 Å². The number of ketones is 1. The number of carbonyl (C=O) groups excluding carboxylic acids is 2. The van der Waals surface area contributed by atoms with Gasteiger partial charge in [-0.05, 0) is 48.0 Å². The highest BCUT2D eigenvalue weighted by Crippen LogP contribution is 2.15. The van der Waals surface area contributed by atoms with Crippen LogP contribution in [0.25, 0.3) is 6.08 Å². The van der Waals surface area contributed by atoms with Crippen molar-refractivity contribution in [3.8, 4) is 5.75 Å². The minimum atomic E-state index is -0.227. The first kappa shape index (κ1) is 17.2. The lowest BCUT2D eigenvalue weighted by atomic mass is 10.1. The van der Waals surface area contributed by atoms with Crippen LogP contribution < -0.4 is 5.32 Å². The summed E-state index contributed by atoms with van der Waals surface area (Å²) in [6, 6.07) is 22.2. The maximum Gasteiger partial charge on any atom is 0.255 e. The molecule has 26 heavy (non-hydrogen) atoms. The van der Waals surface area contributed by atoms with E-state index in [-0.39, 0.29) is 17.4 Å². The monoisotopic (exact) mass is 343 g/mol. The molecular formula is C22H17NO3. The number of hydrogen-bond donors (Lipinski definition) is 2. The summed E-state index contributed by atoms with van der Waals surface area (Å²) in [6.07, 6.45) is 3.14. The second-order valence-corrected chi connectivity index (χ2v) is 5.69. The van der Waals surface area contributed by atoms with Gasteiger partial charge in [0.2, 0.25) is 0 Å². The summed E-state index contributed by atoms with van der Waals surface area (Å²) < 4.78 is 0. The molecule has 0 bridgehead atoms. The lowest BCUT2D eigenvalue weighted by molar-refractivity contribution is 0.102. The molecule has 128 valence electrons. The molecule has 0 aliphatic rings. The first-order valence-corrected chi connectivity index (χ1v) is 8.10. The SMILES string of the molecule is O=C(/C=C/c1ccc(O)cc1)c1cccc(NC(=O)c2ccccc2)c1. The molecule has 4 nitrogen and oxygen atoms in total. The number of amides is 1. The van der Waals surface area contributed by atoms with E-state index in [0.717, 1.165) is 5.56 Å². The van der Waals surface area contributed by atoms with Crippen LogP contribution in [0.5, 0.6) is 5.75 Å². The quantitative estimate of drug-likeness (QED) is 0.528. The Hall–Kier alpha value is -3.66. The van der Waals surface area contributed by atoms with E-state index in [1.165, 1.54) is 6.08 Å². The molecule has 3 rings (SSSR count). The maximum atomic E-state index is 12.3. The second-order valence-electron chi connectivity index (χ2n) is 5.69. The Balaban J connectivity index is 1.71. The van der Waals surface area contributed by atoms with Crippen molar-refractivity contribution >= 4 is 23.5 Å². The topological polar surface area (TPSA) is 66.4 Å². The zero-order valence-electron chi connectivity index (χ0n) is 13.9. The van der Waals surface area contributed by atoms with Crippen molar-refractivity contribution < 1.29 is 14.7 Å². The molecule has 2 N–H and O–H groups in total. The predicted molar refractivity (Wildman–Crippen MR) is 102 cm³/mol. The van der Waals surface area contributed by atoms with Gasteiger partial charge in [0, 0.05) is 16.8 Å². The molecule has 3 aromatic rings. The summed E-state index contributed by atoms with van der Waals surface area (Å²) in [5.74, 6) is -0.223. The number of allylic oxidation sites excluding steroid dienone is 1. The van der Waals surface area contributed by atoms with Crippen molar-refractivity contribution in [1.29, 1.82) is 0 Å². The maximum absolute atomic E-state index is 12.3. The first-order chi connectivity index (χ1) is 12.6. The lowest BCUT2D eigenvalue weighted by Gasteiger charge is -2.06. The Labute approximate surface area is 151 Å². The average Bonchev–Trinajstić information content (AvgIpc) is 2.68. The van der Waals surface area contributed by atoms with Crippen LogP contribution in [-0.2, 0) is 0 Å². The minimum absolute atomic E-state index is 0.172. The van der Waals surface area contributed by atoms with Crippen LogP contribution in [0.2, 0.25) is 0 Å². The Morgan fingerprint density at radius 2 is 1.50 bits per heavy atom. The van der Waals surface area contributed by atoms with Gasteiger partial charge in [-0.1, -0.05) is 48.5 Å². The fraction of sp³-hybridized carbons (Fsp3) is 0. The molecule has 1 amide bonds. The zero-order valence-corrected chi connectivity index (χ0v) is 13.9. The van der Waals surface area contributed by atoms with Gasteiger partial charge in [-0.25, -0.2) is 0 Å². The highest BCUT2D eigenvalue weighted by Gasteiger charge is 2.07. The number of hydrogen-bond acceptors (Lipinski definition) is 3. The third-order valence-corrected chi connectivity index (χ3v) is 3.76. The molecule has 0 aromatic heterocycles. The minimum Gasteiger partial charge on any atom is -0.508 e. The molecule has 4 heteroatoms. The van der Waals surface area contributed by atoms with Crippen LogP contribution in [0.1, 0.15) is 26.3 Å². The molecule has 0 aliphatic heterocycles. The number of phenolic OH excluding ortho intramolecular Hbond substituents is 1. The molecule has 0 aliphatic carbocycles. The van der Waals surface area contributed by atoms with Gasteiger partial charge in [-0.3, -0.25) is 9.59 Å². The highest BCUT2D eigenvalue weighted by atomic mass is 16.3.